The van der Waals surface area contributed by atoms with E-state index in [1.165, 1.54) is 32.4 Å². The van der Waals surface area contributed by atoms with E-state index in [2.05, 4.69) is 4.72 Å². The quantitative estimate of drug-likeness (QED) is 0.789. The second-order valence-corrected chi connectivity index (χ2v) is 7.91. The van der Waals surface area contributed by atoms with E-state index in [1.54, 1.807) is 11.8 Å². The fourth-order valence-corrected chi connectivity index (χ4v) is 4.16. The summed E-state index contributed by atoms with van der Waals surface area (Å²) in [5.74, 6) is 0.179. The van der Waals surface area contributed by atoms with Crippen molar-refractivity contribution in [2.75, 3.05) is 33.9 Å². The number of hydrogen-bond acceptors (Lipinski definition) is 5. The topological polar surface area (TPSA) is 84.9 Å². The summed E-state index contributed by atoms with van der Waals surface area (Å²) in [5.41, 5.74) is 0.270. The highest BCUT2D eigenvalue weighted by atomic mass is 32.2. The van der Waals surface area contributed by atoms with Crippen molar-refractivity contribution in [2.45, 2.75) is 37.1 Å². The molecular formula is C17H26N2O5S. The molecule has 0 spiro atoms. The monoisotopic (exact) mass is 370 g/mol. The molecule has 1 fully saturated rings. The van der Waals surface area contributed by atoms with E-state index in [0.29, 0.717) is 18.8 Å². The highest BCUT2D eigenvalue weighted by molar-refractivity contribution is 7.89. The van der Waals surface area contributed by atoms with Crippen molar-refractivity contribution in [3.63, 3.8) is 0 Å². The molecular weight excluding hydrogens is 344 g/mol. The van der Waals surface area contributed by atoms with Gasteiger partial charge in [-0.3, -0.25) is 4.79 Å². The van der Waals surface area contributed by atoms with Crippen molar-refractivity contribution in [3.8, 4) is 5.75 Å². The molecule has 1 amide bonds. The Kier molecular flexibility index (Phi) is 6.80. The Hall–Kier alpha value is -1.64. The van der Waals surface area contributed by atoms with Gasteiger partial charge in [0.05, 0.1) is 24.2 Å². The summed E-state index contributed by atoms with van der Waals surface area (Å²) in [6.07, 6.45) is 3.03. The maximum absolute atomic E-state index is 12.8. The number of benzene rings is 1. The Morgan fingerprint density at radius 2 is 1.92 bits per heavy atom. The van der Waals surface area contributed by atoms with E-state index in [-0.39, 0.29) is 29.0 Å². The Bertz CT molecular complexity index is 699. The molecule has 0 unspecified atom stereocenters. The van der Waals surface area contributed by atoms with Crippen molar-refractivity contribution in [1.82, 2.24) is 9.62 Å². The van der Waals surface area contributed by atoms with Gasteiger partial charge < -0.3 is 14.4 Å². The molecule has 140 valence electrons. The van der Waals surface area contributed by atoms with Gasteiger partial charge in [0.25, 0.3) is 5.91 Å². The van der Waals surface area contributed by atoms with Gasteiger partial charge in [0, 0.05) is 26.2 Å². The van der Waals surface area contributed by atoms with Gasteiger partial charge in [0.15, 0.2) is 0 Å². The Balaban J connectivity index is 2.31. The van der Waals surface area contributed by atoms with Gasteiger partial charge in [0.1, 0.15) is 5.75 Å². The van der Waals surface area contributed by atoms with Crippen LogP contribution in [0.25, 0.3) is 0 Å². The number of sulfonamides is 1. The molecule has 1 aliphatic rings. The maximum atomic E-state index is 12.8. The molecule has 0 bridgehead atoms. The van der Waals surface area contributed by atoms with Crippen LogP contribution in [0.2, 0.25) is 0 Å². The van der Waals surface area contributed by atoms with Gasteiger partial charge in [-0.1, -0.05) is 0 Å². The summed E-state index contributed by atoms with van der Waals surface area (Å²) in [5, 5.41) is 0. The van der Waals surface area contributed by atoms with Crippen LogP contribution < -0.4 is 9.46 Å². The summed E-state index contributed by atoms with van der Waals surface area (Å²) in [4.78, 5) is 14.6. The number of carbonyl (C=O) groups is 1. The SMILES string of the molecule is COC[C@H](C)NS(=O)(=O)c1ccc(OC)c(C(=O)N2CCCCC2)c1. The molecule has 1 heterocycles. The molecule has 1 saturated heterocycles. The molecule has 1 aromatic carbocycles. The molecule has 1 aromatic rings. The van der Waals surface area contributed by atoms with Crippen LogP contribution in [0.3, 0.4) is 0 Å². The minimum absolute atomic E-state index is 0.0385. The van der Waals surface area contributed by atoms with Crippen molar-refractivity contribution in [1.29, 1.82) is 0 Å². The second-order valence-electron chi connectivity index (χ2n) is 6.19. The number of amides is 1. The van der Waals surface area contributed by atoms with Crippen LogP contribution in [0, 0.1) is 0 Å². The standard InChI is InChI=1S/C17H26N2O5S/c1-13(12-23-2)18-25(21,22)14-7-8-16(24-3)15(11-14)17(20)19-9-5-4-6-10-19/h7-8,11,13,18H,4-6,9-10,12H2,1-3H3/t13-/m0/s1. The average molecular weight is 370 g/mol. The minimum atomic E-state index is -3.75. The van der Waals surface area contributed by atoms with Crippen molar-refractivity contribution in [3.05, 3.63) is 23.8 Å². The first-order valence-corrected chi connectivity index (χ1v) is 9.86. The highest BCUT2D eigenvalue weighted by Crippen LogP contribution is 2.25. The number of nitrogens with zero attached hydrogens (tertiary/aromatic N) is 1. The van der Waals surface area contributed by atoms with Gasteiger partial charge in [-0.15, -0.1) is 0 Å². The summed E-state index contributed by atoms with van der Waals surface area (Å²) in [7, 11) is -0.775. The van der Waals surface area contributed by atoms with Crippen LogP contribution in [0.4, 0.5) is 0 Å². The third kappa shape index (κ3) is 4.93. The highest BCUT2D eigenvalue weighted by Gasteiger charge is 2.25. The zero-order valence-corrected chi connectivity index (χ0v) is 15.8. The lowest BCUT2D eigenvalue weighted by Crippen LogP contribution is -2.37. The van der Waals surface area contributed by atoms with Crippen LogP contribution in [0.1, 0.15) is 36.5 Å². The van der Waals surface area contributed by atoms with Gasteiger partial charge in [-0.2, -0.15) is 0 Å². The van der Waals surface area contributed by atoms with Crippen LogP contribution in [0.15, 0.2) is 23.1 Å². The van der Waals surface area contributed by atoms with Crippen LogP contribution in [0.5, 0.6) is 5.75 Å². The predicted molar refractivity (Wildman–Crippen MR) is 94.4 cm³/mol. The molecule has 0 saturated carbocycles. The number of piperidine rings is 1. The Labute approximate surface area is 149 Å². The van der Waals surface area contributed by atoms with Crippen molar-refractivity contribution < 1.29 is 22.7 Å². The first-order valence-electron chi connectivity index (χ1n) is 8.37. The van der Waals surface area contributed by atoms with E-state index in [1.807, 2.05) is 0 Å². The molecule has 2 rings (SSSR count). The normalized spacial score (nSPS) is 16.5. The molecule has 1 N–H and O–H groups in total. The van der Waals surface area contributed by atoms with Crippen molar-refractivity contribution in [2.24, 2.45) is 0 Å². The summed E-state index contributed by atoms with van der Waals surface area (Å²) >= 11 is 0. The molecule has 8 heteroatoms. The number of likely N-dealkylation sites (tertiary alicyclic amines) is 1. The molecule has 7 nitrogen and oxygen atoms in total. The molecule has 25 heavy (non-hydrogen) atoms. The Morgan fingerprint density at radius 3 is 2.52 bits per heavy atom. The minimum Gasteiger partial charge on any atom is -0.496 e. The van der Waals surface area contributed by atoms with E-state index < -0.39 is 10.0 Å². The third-order valence-electron chi connectivity index (χ3n) is 4.13. The van der Waals surface area contributed by atoms with E-state index >= 15 is 0 Å². The zero-order chi connectivity index (χ0) is 18.4. The lowest BCUT2D eigenvalue weighted by molar-refractivity contribution is 0.0720. The first kappa shape index (κ1) is 19.7. The predicted octanol–water partition coefficient (Wildman–Crippen LogP) is 1.63. The van der Waals surface area contributed by atoms with E-state index in [0.717, 1.165) is 19.3 Å². The lowest BCUT2D eigenvalue weighted by atomic mass is 10.1. The summed E-state index contributed by atoms with van der Waals surface area (Å²) in [6.45, 7) is 3.34. The molecule has 0 aromatic heterocycles. The molecule has 0 radical (unpaired) electrons. The fourth-order valence-electron chi connectivity index (χ4n) is 2.91. The van der Waals surface area contributed by atoms with Gasteiger partial charge in [0.2, 0.25) is 10.0 Å². The number of hydrogen-bond donors (Lipinski definition) is 1. The molecule has 1 aliphatic heterocycles. The summed E-state index contributed by atoms with van der Waals surface area (Å²) < 4.78 is 37.8. The third-order valence-corrected chi connectivity index (χ3v) is 5.72. The summed E-state index contributed by atoms with van der Waals surface area (Å²) in [6, 6.07) is 3.97. The molecule has 0 aliphatic carbocycles. The smallest absolute Gasteiger partial charge is 0.257 e. The second kappa shape index (κ2) is 8.64. The van der Waals surface area contributed by atoms with Crippen LogP contribution in [-0.2, 0) is 14.8 Å². The van der Waals surface area contributed by atoms with Gasteiger partial charge in [-0.05, 0) is 44.4 Å². The van der Waals surface area contributed by atoms with Crippen LogP contribution in [-0.4, -0.2) is 59.2 Å². The number of rotatable bonds is 7. The first-order chi connectivity index (χ1) is 11.9. The number of ether oxygens (including phenoxy) is 2. The Morgan fingerprint density at radius 1 is 1.24 bits per heavy atom. The van der Waals surface area contributed by atoms with Gasteiger partial charge in [-0.25, -0.2) is 13.1 Å². The number of methoxy groups -OCH3 is 2. The van der Waals surface area contributed by atoms with Crippen LogP contribution >= 0.6 is 0 Å². The fraction of sp³-hybridized carbons (Fsp3) is 0.588. The van der Waals surface area contributed by atoms with E-state index in [9.17, 15) is 13.2 Å². The maximum Gasteiger partial charge on any atom is 0.257 e. The number of carbonyl (C=O) groups excluding carboxylic acids is 1. The average Bonchev–Trinajstić information content (AvgIpc) is 2.61. The molecule has 1 atom stereocenters. The zero-order valence-electron chi connectivity index (χ0n) is 14.9. The van der Waals surface area contributed by atoms with E-state index in [4.69, 9.17) is 9.47 Å². The number of nitrogens with one attached hydrogen (secondary N) is 1. The lowest BCUT2D eigenvalue weighted by Gasteiger charge is -2.27. The van der Waals surface area contributed by atoms with Gasteiger partial charge >= 0.3 is 0 Å². The van der Waals surface area contributed by atoms with Crippen molar-refractivity contribution >= 4 is 15.9 Å². The largest absolute Gasteiger partial charge is 0.496 e.